The topological polar surface area (TPSA) is 41.4 Å². The highest BCUT2D eigenvalue weighted by molar-refractivity contribution is 5.95. The molecule has 3 nitrogen and oxygen atoms in total. The molecular formula is C15H28N3+. The molecule has 0 aliphatic rings. The number of rotatable bonds is 8. The molecule has 0 saturated heterocycles. The first-order valence-corrected chi connectivity index (χ1v) is 6.54. The lowest BCUT2D eigenvalue weighted by Gasteiger charge is -2.07. The molecule has 0 saturated carbocycles. The highest BCUT2D eigenvalue weighted by atomic mass is 15.3. The van der Waals surface area contributed by atoms with Crippen LogP contribution < -0.4 is 5.73 Å². The quantitative estimate of drug-likeness (QED) is 0.306. The van der Waals surface area contributed by atoms with Crippen molar-refractivity contribution in [1.82, 2.24) is 0 Å². The van der Waals surface area contributed by atoms with Crippen LogP contribution in [0.25, 0.3) is 0 Å². The molecule has 3 heteroatoms. The SMILES string of the molecule is C=CC(N)CCCC(/C=C(\C)C(C)C)=N\[N+](=C)C. The first-order chi connectivity index (χ1) is 8.36. The molecule has 0 amide bonds. The normalized spacial score (nSPS) is 14.8. The number of allylic oxidation sites excluding steroid dienone is 2. The third-order valence-corrected chi connectivity index (χ3v) is 2.88. The Morgan fingerprint density at radius 2 is 2.06 bits per heavy atom. The zero-order chi connectivity index (χ0) is 14.1. The van der Waals surface area contributed by atoms with Crippen molar-refractivity contribution in [2.45, 2.75) is 46.1 Å². The van der Waals surface area contributed by atoms with Crippen LogP contribution in [0.1, 0.15) is 40.0 Å². The highest BCUT2D eigenvalue weighted by Gasteiger charge is 2.05. The van der Waals surface area contributed by atoms with Gasteiger partial charge in [-0.1, -0.05) is 25.5 Å². The van der Waals surface area contributed by atoms with Gasteiger partial charge in [0.1, 0.15) is 5.71 Å². The van der Waals surface area contributed by atoms with E-state index in [1.54, 1.807) is 10.8 Å². The Morgan fingerprint density at radius 3 is 2.50 bits per heavy atom. The summed E-state index contributed by atoms with van der Waals surface area (Å²) >= 11 is 0. The zero-order valence-corrected chi connectivity index (χ0v) is 12.3. The maximum absolute atomic E-state index is 5.81. The summed E-state index contributed by atoms with van der Waals surface area (Å²) in [5.41, 5.74) is 8.22. The summed E-state index contributed by atoms with van der Waals surface area (Å²) < 4.78 is 1.60. The van der Waals surface area contributed by atoms with E-state index in [0.717, 1.165) is 25.0 Å². The third kappa shape index (κ3) is 7.96. The molecule has 2 N–H and O–H groups in total. The van der Waals surface area contributed by atoms with Crippen molar-refractivity contribution < 1.29 is 4.68 Å². The van der Waals surface area contributed by atoms with Crippen LogP contribution in [0.3, 0.4) is 0 Å². The highest BCUT2D eigenvalue weighted by Crippen LogP contribution is 2.11. The average molecular weight is 250 g/mol. The fraction of sp³-hybridized carbons (Fsp3) is 0.600. The minimum absolute atomic E-state index is 0.0823. The van der Waals surface area contributed by atoms with Gasteiger partial charge in [0.2, 0.25) is 0 Å². The molecule has 0 spiro atoms. The van der Waals surface area contributed by atoms with Gasteiger partial charge in [-0.25, -0.2) is 0 Å². The van der Waals surface area contributed by atoms with Crippen molar-refractivity contribution >= 4 is 12.4 Å². The molecule has 102 valence electrons. The lowest BCUT2D eigenvalue weighted by molar-refractivity contribution is -0.493. The van der Waals surface area contributed by atoms with E-state index in [1.165, 1.54) is 5.57 Å². The summed E-state index contributed by atoms with van der Waals surface area (Å²) in [5.74, 6) is 0.542. The second-order valence-electron chi connectivity index (χ2n) is 5.08. The van der Waals surface area contributed by atoms with Crippen molar-refractivity contribution in [2.24, 2.45) is 16.8 Å². The van der Waals surface area contributed by atoms with Crippen molar-refractivity contribution in [3.63, 3.8) is 0 Å². The Labute approximate surface area is 112 Å². The average Bonchev–Trinajstić information content (AvgIpc) is 2.27. The number of hydrazone groups is 1. The lowest BCUT2D eigenvalue weighted by atomic mass is 10.0. The molecule has 0 aromatic carbocycles. The van der Waals surface area contributed by atoms with Gasteiger partial charge < -0.3 is 5.73 Å². The molecule has 1 unspecified atom stereocenters. The van der Waals surface area contributed by atoms with Crippen LogP contribution in [-0.2, 0) is 0 Å². The van der Waals surface area contributed by atoms with Gasteiger partial charge in [0.15, 0.2) is 13.8 Å². The van der Waals surface area contributed by atoms with Gasteiger partial charge in [-0.15, -0.1) is 11.3 Å². The summed E-state index contributed by atoms with van der Waals surface area (Å²) in [4.78, 5) is 0. The van der Waals surface area contributed by atoms with Crippen LogP contribution >= 0.6 is 0 Å². The summed E-state index contributed by atoms with van der Waals surface area (Å²) in [5, 5.41) is 4.42. The van der Waals surface area contributed by atoms with E-state index in [4.69, 9.17) is 5.73 Å². The van der Waals surface area contributed by atoms with Crippen molar-refractivity contribution in [3.8, 4) is 0 Å². The largest absolute Gasteiger partial charge is 0.324 e. The van der Waals surface area contributed by atoms with Crippen LogP contribution in [0.5, 0.6) is 0 Å². The van der Waals surface area contributed by atoms with E-state index in [0.29, 0.717) is 5.92 Å². The van der Waals surface area contributed by atoms with Crippen LogP contribution in [-0.4, -0.2) is 30.2 Å². The summed E-state index contributed by atoms with van der Waals surface area (Å²) in [6.07, 6.45) is 6.83. The number of hydrogen-bond donors (Lipinski definition) is 1. The smallest absolute Gasteiger partial charge is 0.163 e. The summed E-state index contributed by atoms with van der Waals surface area (Å²) in [6, 6.07) is 0.0823. The van der Waals surface area contributed by atoms with Gasteiger partial charge in [-0.2, -0.15) is 0 Å². The molecule has 0 rings (SSSR count). The van der Waals surface area contributed by atoms with Gasteiger partial charge in [-0.05, 0) is 43.3 Å². The second kappa shape index (κ2) is 8.81. The monoisotopic (exact) mass is 250 g/mol. The van der Waals surface area contributed by atoms with Gasteiger partial charge >= 0.3 is 0 Å². The number of nitrogens with two attached hydrogens (primary N) is 1. The maximum atomic E-state index is 5.81. The minimum Gasteiger partial charge on any atom is -0.324 e. The van der Waals surface area contributed by atoms with Gasteiger partial charge in [-0.3, -0.25) is 0 Å². The van der Waals surface area contributed by atoms with Crippen LogP contribution in [0.15, 0.2) is 29.4 Å². The standard InChI is InChI=1S/C15H28N3/c1-7-14(16)9-8-10-15(17-18(5)6)11-13(4)12(2)3/h7,11-12,14H,1,5,8-10,16H2,2-4,6H3/q+1/b13-11+,17-15+. The molecule has 0 aliphatic heterocycles. The predicted molar refractivity (Wildman–Crippen MR) is 81.4 cm³/mol. The second-order valence-corrected chi connectivity index (χ2v) is 5.08. The van der Waals surface area contributed by atoms with Gasteiger partial charge in [0.05, 0.1) is 0 Å². The van der Waals surface area contributed by atoms with Gasteiger partial charge in [0.25, 0.3) is 0 Å². The Morgan fingerprint density at radius 1 is 1.44 bits per heavy atom. The fourth-order valence-electron chi connectivity index (χ4n) is 1.44. The first-order valence-electron chi connectivity index (χ1n) is 6.54. The number of hydrogen-bond acceptors (Lipinski definition) is 2. The number of nitrogens with zero attached hydrogens (tertiary/aromatic N) is 2. The van der Waals surface area contributed by atoms with E-state index in [2.05, 4.69) is 45.2 Å². The fourth-order valence-corrected chi connectivity index (χ4v) is 1.44. The molecule has 18 heavy (non-hydrogen) atoms. The molecule has 0 aliphatic carbocycles. The maximum Gasteiger partial charge on any atom is 0.163 e. The summed E-state index contributed by atoms with van der Waals surface area (Å²) in [7, 11) is 1.84. The Balaban J connectivity index is 4.57. The van der Waals surface area contributed by atoms with Crippen LogP contribution in [0.2, 0.25) is 0 Å². The van der Waals surface area contributed by atoms with E-state index in [-0.39, 0.29) is 6.04 Å². The Hall–Kier alpha value is -1.22. The Bertz CT molecular complexity index is 338. The molecule has 0 fully saturated rings. The van der Waals surface area contributed by atoms with Crippen LogP contribution in [0.4, 0.5) is 0 Å². The molecular weight excluding hydrogens is 222 g/mol. The minimum atomic E-state index is 0.0823. The third-order valence-electron chi connectivity index (χ3n) is 2.88. The van der Waals surface area contributed by atoms with E-state index in [1.807, 2.05) is 7.05 Å². The molecule has 0 heterocycles. The first kappa shape index (κ1) is 16.8. The van der Waals surface area contributed by atoms with E-state index < -0.39 is 0 Å². The van der Waals surface area contributed by atoms with E-state index >= 15 is 0 Å². The lowest BCUT2D eigenvalue weighted by Crippen LogP contribution is -2.16. The molecule has 0 bridgehead atoms. The predicted octanol–water partition coefficient (Wildman–Crippen LogP) is 2.97. The van der Waals surface area contributed by atoms with Crippen molar-refractivity contribution in [2.75, 3.05) is 7.05 Å². The molecule has 0 radical (unpaired) electrons. The van der Waals surface area contributed by atoms with Crippen LogP contribution in [0, 0.1) is 5.92 Å². The van der Waals surface area contributed by atoms with Crippen molar-refractivity contribution in [1.29, 1.82) is 0 Å². The zero-order valence-electron chi connectivity index (χ0n) is 12.3. The molecule has 0 aromatic heterocycles. The van der Waals surface area contributed by atoms with Gasteiger partial charge in [0, 0.05) is 6.04 Å². The molecule has 1 atom stereocenters. The van der Waals surface area contributed by atoms with E-state index in [9.17, 15) is 0 Å². The molecule has 0 aromatic rings. The van der Waals surface area contributed by atoms with Crippen molar-refractivity contribution in [3.05, 3.63) is 24.3 Å². The Kier molecular flexibility index (Phi) is 8.21. The summed E-state index contributed by atoms with van der Waals surface area (Å²) in [6.45, 7) is 14.0.